The van der Waals surface area contributed by atoms with Crippen LogP contribution in [0, 0.1) is 16.1 Å². The van der Waals surface area contributed by atoms with Gasteiger partial charge in [0.25, 0.3) is 11.5 Å². The molecule has 0 spiro atoms. The lowest BCUT2D eigenvalue weighted by Crippen LogP contribution is -2.23. The smallest absolute Gasteiger partial charge is 0.261 e. The normalized spacial score (nSPS) is 10.4. The number of rotatable bonds is 3. The molecule has 1 aromatic heterocycles. The van der Waals surface area contributed by atoms with Crippen molar-refractivity contribution in [2.75, 3.05) is 0 Å². The van der Waals surface area contributed by atoms with Gasteiger partial charge in [-0.05, 0) is 48.1 Å². The average molecular weight is 350 g/mol. The molecule has 0 aliphatic rings. The van der Waals surface area contributed by atoms with Crippen molar-refractivity contribution in [1.82, 2.24) is 14.9 Å². The third kappa shape index (κ3) is 3.34. The van der Waals surface area contributed by atoms with Crippen LogP contribution in [-0.4, -0.2) is 15.5 Å². The summed E-state index contributed by atoms with van der Waals surface area (Å²) in [7, 11) is 1.59. The first-order valence-electron chi connectivity index (χ1n) is 7.50. The van der Waals surface area contributed by atoms with Crippen molar-refractivity contribution in [3.8, 4) is 6.07 Å². The molecule has 0 fully saturated rings. The second-order valence-corrected chi connectivity index (χ2v) is 5.94. The Morgan fingerprint density at radius 2 is 2.12 bits per heavy atom. The van der Waals surface area contributed by atoms with Crippen LogP contribution < -0.4 is 10.9 Å². The summed E-state index contributed by atoms with van der Waals surface area (Å²) < 4.78 is 1.64. The van der Waals surface area contributed by atoms with E-state index in [2.05, 4.69) is 16.4 Å². The molecular weight excluding hydrogens is 336 g/mol. The van der Waals surface area contributed by atoms with Crippen molar-refractivity contribution in [1.29, 1.82) is 5.26 Å². The molecule has 124 valence electrons. The predicted octanol–water partition coefficient (Wildman–Crippen LogP) is 2.40. The molecule has 0 radical (unpaired) electrons. The molecule has 0 atom stereocenters. The number of nitriles is 1. The fourth-order valence-electron chi connectivity index (χ4n) is 2.48. The zero-order valence-corrected chi connectivity index (χ0v) is 14.2. The van der Waals surface area contributed by atoms with Crippen molar-refractivity contribution in [3.63, 3.8) is 0 Å². The highest BCUT2D eigenvalue weighted by Gasteiger charge is 2.09. The third-order valence-corrected chi connectivity index (χ3v) is 4.25. The van der Waals surface area contributed by atoms with Gasteiger partial charge in [0.2, 0.25) is 0 Å². The first kappa shape index (κ1) is 16.6. The van der Waals surface area contributed by atoms with E-state index in [1.54, 1.807) is 43.4 Å². The van der Waals surface area contributed by atoms with Gasteiger partial charge in [-0.2, -0.15) is 5.26 Å². The lowest BCUT2D eigenvalue weighted by atomic mass is 10.1. The number of amides is 1. The van der Waals surface area contributed by atoms with E-state index in [9.17, 15) is 9.59 Å². The van der Waals surface area contributed by atoms with Crippen molar-refractivity contribution in [2.24, 2.45) is 7.05 Å². The summed E-state index contributed by atoms with van der Waals surface area (Å²) in [6.07, 6.45) is 0. The van der Waals surface area contributed by atoms with Crippen LogP contribution in [0.4, 0.5) is 0 Å². The third-order valence-electron chi connectivity index (χ3n) is 3.87. The van der Waals surface area contributed by atoms with Gasteiger partial charge in [-0.15, -0.1) is 0 Å². The SMILES string of the molecule is Cn1c(=S)[nH]c2cc(C(=O)NCc3cccc(C#N)c3)ccc2c1=O. The molecule has 0 saturated carbocycles. The number of nitrogens with zero attached hydrogens (tertiary/aromatic N) is 2. The minimum absolute atomic E-state index is 0.209. The maximum atomic E-state index is 12.4. The number of fused-ring (bicyclic) bond motifs is 1. The molecule has 1 amide bonds. The Bertz CT molecular complexity index is 1140. The van der Waals surface area contributed by atoms with Crippen LogP contribution in [0.15, 0.2) is 47.3 Å². The van der Waals surface area contributed by atoms with Crippen LogP contribution in [-0.2, 0) is 13.6 Å². The van der Waals surface area contributed by atoms with E-state index in [4.69, 9.17) is 17.5 Å². The number of nitrogens with one attached hydrogen (secondary N) is 2. The van der Waals surface area contributed by atoms with Gasteiger partial charge in [0.1, 0.15) is 0 Å². The molecule has 0 aliphatic heterocycles. The topological polar surface area (TPSA) is 90.7 Å². The van der Waals surface area contributed by atoms with Crippen molar-refractivity contribution >= 4 is 29.0 Å². The fourth-order valence-corrected chi connectivity index (χ4v) is 2.68. The number of carbonyl (C=O) groups is 1. The molecule has 0 bridgehead atoms. The quantitative estimate of drug-likeness (QED) is 0.710. The number of hydrogen-bond donors (Lipinski definition) is 2. The average Bonchev–Trinajstić information content (AvgIpc) is 2.64. The largest absolute Gasteiger partial charge is 0.348 e. The minimum Gasteiger partial charge on any atom is -0.348 e. The molecule has 1 heterocycles. The number of aromatic nitrogens is 2. The first-order chi connectivity index (χ1) is 12.0. The Morgan fingerprint density at radius 1 is 1.32 bits per heavy atom. The predicted molar refractivity (Wildman–Crippen MR) is 96.7 cm³/mol. The zero-order chi connectivity index (χ0) is 18.0. The Balaban J connectivity index is 1.85. The molecule has 3 aromatic rings. The Labute approximate surface area is 148 Å². The molecule has 7 heteroatoms. The van der Waals surface area contributed by atoms with Crippen molar-refractivity contribution < 1.29 is 4.79 Å². The van der Waals surface area contributed by atoms with Gasteiger partial charge in [0, 0.05) is 19.2 Å². The summed E-state index contributed by atoms with van der Waals surface area (Å²) in [4.78, 5) is 27.4. The van der Waals surface area contributed by atoms with E-state index in [0.29, 0.717) is 33.3 Å². The Hall–Kier alpha value is -3.24. The molecule has 0 unspecified atom stereocenters. The molecule has 25 heavy (non-hydrogen) atoms. The van der Waals surface area contributed by atoms with Gasteiger partial charge in [-0.25, -0.2) is 0 Å². The fraction of sp³-hybridized carbons (Fsp3) is 0.111. The van der Waals surface area contributed by atoms with Crippen LogP contribution in [0.1, 0.15) is 21.5 Å². The van der Waals surface area contributed by atoms with Crippen molar-refractivity contribution in [2.45, 2.75) is 6.54 Å². The number of hydrogen-bond acceptors (Lipinski definition) is 4. The van der Waals surface area contributed by atoms with Crippen LogP contribution in [0.3, 0.4) is 0 Å². The molecular formula is C18H14N4O2S. The maximum Gasteiger partial charge on any atom is 0.261 e. The van der Waals surface area contributed by atoms with Gasteiger partial charge in [0.05, 0.1) is 22.5 Å². The summed E-state index contributed by atoms with van der Waals surface area (Å²) >= 11 is 5.10. The van der Waals surface area contributed by atoms with Gasteiger partial charge in [-0.3, -0.25) is 14.2 Å². The number of aromatic amines is 1. The molecule has 2 N–H and O–H groups in total. The molecule has 0 aliphatic carbocycles. The van der Waals surface area contributed by atoms with E-state index >= 15 is 0 Å². The summed E-state index contributed by atoms with van der Waals surface area (Å²) in [6.45, 7) is 0.305. The minimum atomic E-state index is -0.274. The lowest BCUT2D eigenvalue weighted by molar-refractivity contribution is 0.0951. The van der Waals surface area contributed by atoms with Crippen LogP contribution in [0.2, 0.25) is 0 Å². The summed E-state index contributed by atoms with van der Waals surface area (Å²) in [5.74, 6) is -0.274. The standard InChI is InChI=1S/C18H14N4O2S/c1-22-17(24)14-6-5-13(8-15(14)21-18(22)25)16(23)20-10-12-4-2-3-11(7-12)9-19/h2-8H,10H2,1H3,(H,20,23)(H,21,25). The first-order valence-corrected chi connectivity index (χ1v) is 7.91. The number of H-pyrrole nitrogens is 1. The summed E-state index contributed by atoms with van der Waals surface area (Å²) in [6, 6.07) is 13.9. The van der Waals surface area contributed by atoms with E-state index in [0.717, 1.165) is 5.56 Å². The number of carbonyl (C=O) groups excluding carboxylic acids is 1. The molecule has 3 rings (SSSR count). The highest BCUT2D eigenvalue weighted by atomic mass is 32.1. The zero-order valence-electron chi connectivity index (χ0n) is 13.4. The highest BCUT2D eigenvalue weighted by molar-refractivity contribution is 7.71. The lowest BCUT2D eigenvalue weighted by Gasteiger charge is -2.07. The Kier molecular flexibility index (Phi) is 4.46. The van der Waals surface area contributed by atoms with E-state index in [-0.39, 0.29) is 11.5 Å². The summed E-state index contributed by atoms with van der Waals surface area (Å²) in [5, 5.41) is 12.2. The monoisotopic (exact) mass is 350 g/mol. The van der Waals surface area contributed by atoms with E-state index in [1.807, 2.05) is 6.07 Å². The van der Waals surface area contributed by atoms with Gasteiger partial charge in [-0.1, -0.05) is 12.1 Å². The van der Waals surface area contributed by atoms with Crippen LogP contribution in [0.5, 0.6) is 0 Å². The maximum absolute atomic E-state index is 12.4. The van der Waals surface area contributed by atoms with Crippen LogP contribution >= 0.6 is 12.2 Å². The Morgan fingerprint density at radius 3 is 2.88 bits per heavy atom. The summed E-state index contributed by atoms with van der Waals surface area (Å²) in [5.41, 5.74) is 2.11. The number of benzene rings is 2. The van der Waals surface area contributed by atoms with E-state index < -0.39 is 0 Å². The second kappa shape index (κ2) is 6.71. The van der Waals surface area contributed by atoms with Crippen molar-refractivity contribution in [3.05, 3.63) is 74.3 Å². The van der Waals surface area contributed by atoms with Gasteiger partial charge < -0.3 is 10.3 Å². The van der Waals surface area contributed by atoms with Crippen LogP contribution in [0.25, 0.3) is 10.9 Å². The highest BCUT2D eigenvalue weighted by Crippen LogP contribution is 2.11. The molecule has 6 nitrogen and oxygen atoms in total. The van der Waals surface area contributed by atoms with E-state index in [1.165, 1.54) is 4.57 Å². The van der Waals surface area contributed by atoms with Gasteiger partial charge >= 0.3 is 0 Å². The molecule has 2 aromatic carbocycles. The van der Waals surface area contributed by atoms with Gasteiger partial charge in [0.15, 0.2) is 4.77 Å². The second-order valence-electron chi connectivity index (χ2n) is 5.55. The molecule has 0 saturated heterocycles.